The average molecular weight is 478 g/mol. The number of aromatic nitrogens is 2. The minimum Gasteiger partial charge on any atom is -0.380 e. The molecule has 0 aliphatic carbocycles. The van der Waals surface area contributed by atoms with Crippen molar-refractivity contribution in [3.63, 3.8) is 0 Å². The zero-order valence-corrected chi connectivity index (χ0v) is 17.9. The topological polar surface area (TPSA) is 85.7 Å². The Bertz CT molecular complexity index is 1070. The van der Waals surface area contributed by atoms with Gasteiger partial charge < -0.3 is 19.4 Å². The molecule has 32 heavy (non-hydrogen) atoms. The summed E-state index contributed by atoms with van der Waals surface area (Å²) in [6.45, 7) is 0.825. The van der Waals surface area contributed by atoms with Crippen LogP contribution in [0, 0.1) is 11.7 Å². The maximum absolute atomic E-state index is 13.7. The van der Waals surface area contributed by atoms with Gasteiger partial charge in [-0.1, -0.05) is 0 Å². The summed E-state index contributed by atoms with van der Waals surface area (Å²) in [4.78, 5) is 3.91. The molecule has 8 nitrogen and oxygen atoms in total. The summed E-state index contributed by atoms with van der Waals surface area (Å²) in [5.41, 5.74) is -1.39. The fraction of sp³-hybridized carbons (Fsp3) is 0.526. The van der Waals surface area contributed by atoms with E-state index in [1.807, 2.05) is 0 Å². The molecule has 0 unspecified atom stereocenters. The van der Waals surface area contributed by atoms with Crippen molar-refractivity contribution in [2.75, 3.05) is 31.6 Å². The van der Waals surface area contributed by atoms with E-state index >= 15 is 0 Å². The molecule has 0 radical (unpaired) electrons. The van der Waals surface area contributed by atoms with Gasteiger partial charge in [-0.25, -0.2) is 17.8 Å². The second-order valence-corrected chi connectivity index (χ2v) is 9.65. The van der Waals surface area contributed by atoms with Crippen LogP contribution < -0.4 is 5.32 Å². The van der Waals surface area contributed by atoms with E-state index in [1.165, 1.54) is 27.5 Å². The van der Waals surface area contributed by atoms with Crippen LogP contribution in [-0.2, 0) is 32.7 Å². The largest absolute Gasteiger partial charge is 0.419 e. The van der Waals surface area contributed by atoms with Crippen molar-refractivity contribution >= 4 is 15.7 Å². The summed E-state index contributed by atoms with van der Waals surface area (Å²) >= 11 is 0. The Morgan fingerprint density at radius 3 is 2.53 bits per heavy atom. The van der Waals surface area contributed by atoms with Crippen molar-refractivity contribution in [3.05, 3.63) is 42.1 Å². The third kappa shape index (κ3) is 4.60. The van der Waals surface area contributed by atoms with Gasteiger partial charge in [0.1, 0.15) is 5.82 Å². The van der Waals surface area contributed by atoms with Crippen molar-refractivity contribution in [2.24, 2.45) is 13.0 Å². The van der Waals surface area contributed by atoms with Gasteiger partial charge in [-0.15, -0.1) is 0 Å². The lowest BCUT2D eigenvalue weighted by molar-refractivity contribution is -0.203. The fourth-order valence-electron chi connectivity index (χ4n) is 3.87. The molecule has 2 aromatic rings. The summed E-state index contributed by atoms with van der Waals surface area (Å²) in [5.74, 6) is -1.89. The van der Waals surface area contributed by atoms with Crippen LogP contribution in [0.4, 0.5) is 23.2 Å². The molecule has 2 fully saturated rings. The lowest BCUT2D eigenvalue weighted by Gasteiger charge is -2.31. The van der Waals surface area contributed by atoms with Crippen LogP contribution in [0.1, 0.15) is 12.0 Å². The van der Waals surface area contributed by atoms with Crippen LogP contribution in [0.2, 0.25) is 0 Å². The predicted octanol–water partition coefficient (Wildman–Crippen LogP) is 2.44. The van der Waals surface area contributed by atoms with E-state index in [1.54, 1.807) is 7.05 Å². The molecule has 0 bridgehead atoms. The third-order valence-corrected chi connectivity index (χ3v) is 7.16. The van der Waals surface area contributed by atoms with E-state index < -0.39 is 45.8 Å². The zero-order valence-electron chi connectivity index (χ0n) is 17.0. The molecule has 3 heterocycles. The summed E-state index contributed by atoms with van der Waals surface area (Å²) in [7, 11) is -2.30. The van der Waals surface area contributed by atoms with Crippen LogP contribution in [0.3, 0.4) is 0 Å². The number of hydrogen-bond acceptors (Lipinski definition) is 6. The maximum atomic E-state index is 13.7. The number of rotatable bonds is 5. The number of hydrogen-bond donors (Lipinski definition) is 1. The quantitative estimate of drug-likeness (QED) is 0.665. The molecular weight excluding hydrogens is 456 g/mol. The number of aryl methyl sites for hydroxylation is 1. The summed E-state index contributed by atoms with van der Waals surface area (Å²) in [6, 6.07) is 1.94. The van der Waals surface area contributed by atoms with Crippen molar-refractivity contribution in [2.45, 2.75) is 30.0 Å². The molecule has 1 N–H and O–H groups in total. The lowest BCUT2D eigenvalue weighted by atomic mass is 10.0. The monoisotopic (exact) mass is 478 g/mol. The van der Waals surface area contributed by atoms with Crippen molar-refractivity contribution < 1.29 is 35.5 Å². The Hall–Kier alpha value is -2.22. The number of benzene rings is 1. The van der Waals surface area contributed by atoms with E-state index in [0.717, 1.165) is 6.07 Å². The standard InChI is InChI=1S/C19H22F4N4O4S/c1-26-10-17(24-11-26)32(28,29)27-8-13(18-30-5-2-6-31-18)16(9-27)25-12-3-4-15(20)14(7-12)19(21,22)23/h3-4,7,10-11,13,16,18,25H,2,5-6,8-9H2,1H3/t13-,16-/m0/s1. The molecule has 0 spiro atoms. The van der Waals surface area contributed by atoms with Gasteiger partial charge in [-0.2, -0.15) is 17.5 Å². The van der Waals surface area contributed by atoms with E-state index in [0.29, 0.717) is 25.7 Å². The van der Waals surface area contributed by atoms with Gasteiger partial charge in [-0.05, 0) is 24.6 Å². The number of alkyl halides is 3. The van der Waals surface area contributed by atoms with Gasteiger partial charge in [0.25, 0.3) is 10.0 Å². The third-order valence-electron chi connectivity index (χ3n) is 5.44. The summed E-state index contributed by atoms with van der Waals surface area (Å²) in [5, 5.41) is 2.80. The summed E-state index contributed by atoms with van der Waals surface area (Å²) in [6.07, 6.45) is -2.17. The van der Waals surface area contributed by atoms with Gasteiger partial charge in [0.2, 0.25) is 0 Å². The summed E-state index contributed by atoms with van der Waals surface area (Å²) < 4.78 is 93.1. The molecule has 176 valence electrons. The van der Waals surface area contributed by atoms with Crippen LogP contribution in [0.25, 0.3) is 0 Å². The van der Waals surface area contributed by atoms with E-state index in [9.17, 15) is 26.0 Å². The van der Waals surface area contributed by atoms with Crippen LogP contribution in [-0.4, -0.2) is 60.9 Å². The highest BCUT2D eigenvalue weighted by Gasteiger charge is 2.45. The van der Waals surface area contributed by atoms with Gasteiger partial charge in [0, 0.05) is 44.0 Å². The lowest BCUT2D eigenvalue weighted by Crippen LogP contribution is -2.41. The molecule has 2 saturated heterocycles. The van der Waals surface area contributed by atoms with Crippen molar-refractivity contribution in [1.82, 2.24) is 13.9 Å². The number of nitrogens with zero attached hydrogens (tertiary/aromatic N) is 3. The van der Waals surface area contributed by atoms with Crippen LogP contribution in [0.15, 0.2) is 35.7 Å². The van der Waals surface area contributed by atoms with Crippen LogP contribution >= 0.6 is 0 Å². The predicted molar refractivity (Wildman–Crippen MR) is 105 cm³/mol. The number of anilines is 1. The first kappa shape index (κ1) is 23.0. The van der Waals surface area contributed by atoms with Gasteiger partial charge >= 0.3 is 6.18 Å². The second-order valence-electron chi connectivity index (χ2n) is 7.77. The van der Waals surface area contributed by atoms with Crippen LogP contribution in [0.5, 0.6) is 0 Å². The molecule has 1 aromatic carbocycles. The Balaban J connectivity index is 1.61. The zero-order chi connectivity index (χ0) is 23.1. The van der Waals surface area contributed by atoms with Gasteiger partial charge in [0.15, 0.2) is 11.3 Å². The Morgan fingerprint density at radius 1 is 1.19 bits per heavy atom. The first-order valence-electron chi connectivity index (χ1n) is 9.90. The number of ether oxygens (including phenoxy) is 2. The SMILES string of the molecule is Cn1cnc(S(=O)(=O)N2C[C@H](Nc3ccc(F)c(C(F)(F)F)c3)[C@@H](C3OCCCO3)C2)c1. The first-order valence-corrected chi connectivity index (χ1v) is 11.3. The molecule has 2 atom stereocenters. The minimum atomic E-state index is -4.86. The second kappa shape index (κ2) is 8.61. The van der Waals surface area contributed by atoms with Crippen molar-refractivity contribution in [1.29, 1.82) is 0 Å². The highest BCUT2D eigenvalue weighted by molar-refractivity contribution is 7.89. The maximum Gasteiger partial charge on any atom is 0.419 e. The number of imidazole rings is 1. The molecule has 0 saturated carbocycles. The highest BCUT2D eigenvalue weighted by atomic mass is 32.2. The Kier molecular flexibility index (Phi) is 6.18. The molecule has 0 amide bonds. The minimum absolute atomic E-state index is 0.0154. The Morgan fingerprint density at radius 2 is 1.91 bits per heavy atom. The number of halogens is 4. The first-order chi connectivity index (χ1) is 15.1. The smallest absolute Gasteiger partial charge is 0.380 e. The average Bonchev–Trinajstić information content (AvgIpc) is 3.36. The van der Waals surface area contributed by atoms with Gasteiger partial charge in [-0.3, -0.25) is 0 Å². The molecule has 2 aliphatic heterocycles. The van der Waals surface area contributed by atoms with E-state index in [-0.39, 0.29) is 23.8 Å². The number of sulfonamides is 1. The molecular formula is C19H22F4N4O4S. The Labute approximate surface area is 182 Å². The van der Waals surface area contributed by atoms with E-state index in [4.69, 9.17) is 9.47 Å². The number of nitrogens with one attached hydrogen (secondary N) is 1. The molecule has 2 aliphatic rings. The molecule has 13 heteroatoms. The highest BCUT2D eigenvalue weighted by Crippen LogP contribution is 2.35. The molecule has 1 aromatic heterocycles. The van der Waals surface area contributed by atoms with Gasteiger partial charge in [0.05, 0.1) is 25.1 Å². The normalized spacial score (nSPS) is 23.5. The van der Waals surface area contributed by atoms with Crippen molar-refractivity contribution in [3.8, 4) is 0 Å². The molecule has 4 rings (SSSR count). The van der Waals surface area contributed by atoms with E-state index in [2.05, 4.69) is 10.3 Å². The fourth-order valence-corrected chi connectivity index (χ4v) is 5.34.